The molecule has 0 radical (unpaired) electrons. The molecule has 2 aromatic carbocycles. The molecule has 0 atom stereocenters. The van der Waals surface area contributed by atoms with Crippen molar-refractivity contribution in [2.75, 3.05) is 18.5 Å². The monoisotopic (exact) mass is 440 g/mol. The maximum absolute atomic E-state index is 12.3. The van der Waals surface area contributed by atoms with Crippen LogP contribution in [0.15, 0.2) is 52.0 Å². The van der Waals surface area contributed by atoms with Crippen LogP contribution in [0.1, 0.15) is 40.7 Å². The molecule has 1 fully saturated rings. The number of nitrogens with one attached hydrogen (secondary N) is 2. The molecule has 6 nitrogen and oxygen atoms in total. The molecule has 2 heterocycles. The number of nitrogens with zero attached hydrogens (tertiary/aromatic N) is 2. The Morgan fingerprint density at radius 3 is 2.46 bits per heavy atom. The van der Waals surface area contributed by atoms with E-state index in [4.69, 9.17) is 0 Å². The van der Waals surface area contributed by atoms with Crippen molar-refractivity contribution in [3.05, 3.63) is 63.6 Å². The van der Waals surface area contributed by atoms with Gasteiger partial charge in [0.05, 0.1) is 5.69 Å². The zero-order chi connectivity index (χ0) is 19.5. The van der Waals surface area contributed by atoms with E-state index in [9.17, 15) is 9.59 Å². The van der Waals surface area contributed by atoms with Gasteiger partial charge >= 0.3 is 0 Å². The fraction of sp³-hybridized carbons (Fsp3) is 0.286. The molecule has 1 saturated heterocycles. The highest BCUT2D eigenvalue weighted by atomic mass is 79.9. The Morgan fingerprint density at radius 1 is 0.964 bits per heavy atom. The number of halogens is 1. The van der Waals surface area contributed by atoms with Crippen molar-refractivity contribution in [3.8, 4) is 0 Å². The Balaban J connectivity index is 1.49. The largest absolute Gasteiger partial charge is 0.299 e. The zero-order valence-corrected chi connectivity index (χ0v) is 17.0. The maximum Gasteiger partial charge on any atom is 0.279 e. The number of carbonyl (C=O) groups is 2. The number of likely N-dealkylation sites (tertiary alicyclic amines) is 1. The third-order valence-electron chi connectivity index (χ3n) is 5.03. The maximum atomic E-state index is 12.3. The normalized spacial score (nSPS) is 18.7. The first-order valence-corrected chi connectivity index (χ1v) is 10.2. The quantitative estimate of drug-likeness (QED) is 0.563. The highest BCUT2D eigenvalue weighted by Gasteiger charge is 2.29. The number of piperidine rings is 1. The molecule has 2 aliphatic heterocycles. The highest BCUT2D eigenvalue weighted by Crippen LogP contribution is 2.21. The van der Waals surface area contributed by atoms with Gasteiger partial charge in [0.2, 0.25) is 0 Å². The van der Waals surface area contributed by atoms with Crippen molar-refractivity contribution in [3.63, 3.8) is 0 Å². The number of benzene rings is 2. The lowest BCUT2D eigenvalue weighted by molar-refractivity contribution is -0.114. The van der Waals surface area contributed by atoms with Crippen LogP contribution in [0.4, 0.5) is 5.69 Å². The Bertz CT molecular complexity index is 934. The van der Waals surface area contributed by atoms with Crippen molar-refractivity contribution in [2.24, 2.45) is 5.10 Å². The number of rotatable bonds is 4. The molecule has 0 saturated carbocycles. The fourth-order valence-electron chi connectivity index (χ4n) is 3.55. The molecule has 4 rings (SSSR count). The predicted molar refractivity (Wildman–Crippen MR) is 112 cm³/mol. The van der Waals surface area contributed by atoms with Crippen LogP contribution in [-0.2, 0) is 11.3 Å². The summed E-state index contributed by atoms with van der Waals surface area (Å²) >= 11 is 3.38. The predicted octanol–water partition coefficient (Wildman–Crippen LogP) is 3.52. The Kier molecular flexibility index (Phi) is 5.54. The molecule has 0 unspecified atom stereocenters. The number of fused-ring (bicyclic) bond motifs is 1. The summed E-state index contributed by atoms with van der Waals surface area (Å²) in [5, 5.41) is 6.59. The summed E-state index contributed by atoms with van der Waals surface area (Å²) in [5.41, 5.74) is 6.12. The summed E-state index contributed by atoms with van der Waals surface area (Å²) in [6, 6.07) is 13.2. The lowest BCUT2D eigenvalue weighted by Gasteiger charge is -2.26. The van der Waals surface area contributed by atoms with E-state index >= 15 is 0 Å². The second-order valence-electron chi connectivity index (χ2n) is 7.08. The van der Waals surface area contributed by atoms with Gasteiger partial charge in [-0.05, 0) is 61.8 Å². The number of amides is 2. The smallest absolute Gasteiger partial charge is 0.279 e. The molecule has 0 bridgehead atoms. The Morgan fingerprint density at radius 2 is 1.71 bits per heavy atom. The summed E-state index contributed by atoms with van der Waals surface area (Å²) in [4.78, 5) is 26.7. The first kappa shape index (κ1) is 18.8. The number of anilines is 1. The number of hydrazone groups is 1. The van der Waals surface area contributed by atoms with Gasteiger partial charge in [0.25, 0.3) is 11.8 Å². The van der Waals surface area contributed by atoms with Crippen LogP contribution >= 0.6 is 15.9 Å². The summed E-state index contributed by atoms with van der Waals surface area (Å²) in [5.74, 6) is -0.918. The molecule has 2 amide bonds. The minimum atomic E-state index is -0.509. The molecule has 2 aromatic rings. The van der Waals surface area contributed by atoms with Crippen LogP contribution in [-0.4, -0.2) is 35.5 Å². The number of hydrogen-bond acceptors (Lipinski definition) is 5. The summed E-state index contributed by atoms with van der Waals surface area (Å²) < 4.78 is 0.781. The van der Waals surface area contributed by atoms with E-state index in [1.807, 2.05) is 12.1 Å². The lowest BCUT2D eigenvalue weighted by atomic mass is 9.98. The van der Waals surface area contributed by atoms with Crippen LogP contribution in [0.3, 0.4) is 0 Å². The third-order valence-corrected chi connectivity index (χ3v) is 5.52. The zero-order valence-electron chi connectivity index (χ0n) is 15.4. The second kappa shape index (κ2) is 8.24. The summed E-state index contributed by atoms with van der Waals surface area (Å²) in [6.45, 7) is 3.29. The van der Waals surface area contributed by atoms with Crippen LogP contribution in [0.25, 0.3) is 0 Å². The second-order valence-corrected chi connectivity index (χ2v) is 7.99. The highest BCUT2D eigenvalue weighted by molar-refractivity contribution is 9.10. The van der Waals surface area contributed by atoms with Gasteiger partial charge in [-0.3, -0.25) is 25.2 Å². The summed E-state index contributed by atoms with van der Waals surface area (Å²) in [6.07, 6.45) is 3.89. The molecule has 7 heteroatoms. The average molecular weight is 441 g/mol. The molecule has 0 aliphatic carbocycles. The van der Waals surface area contributed by atoms with Gasteiger partial charge in [-0.2, -0.15) is 5.10 Å². The molecule has 2 aliphatic rings. The molecular weight excluding hydrogens is 420 g/mol. The number of imide groups is 1. The number of hydrogen-bond donors (Lipinski definition) is 2. The van der Waals surface area contributed by atoms with Gasteiger partial charge in [0.15, 0.2) is 5.71 Å². The molecule has 2 N–H and O–H groups in total. The standard InChI is InChI=1S/C21H21BrN4O2/c22-15-6-9-17-18(12-15)19(21(28)23-20(17)27)25-24-16-7-4-14(5-8-16)13-26-10-2-1-3-11-26/h4-9,12,24H,1-3,10-11,13H2,(H,23,27,28)/b25-19+. The van der Waals surface area contributed by atoms with Crippen LogP contribution in [0, 0.1) is 0 Å². The van der Waals surface area contributed by atoms with Crippen molar-refractivity contribution < 1.29 is 9.59 Å². The van der Waals surface area contributed by atoms with Gasteiger partial charge in [0, 0.05) is 22.1 Å². The van der Waals surface area contributed by atoms with Gasteiger partial charge < -0.3 is 0 Å². The van der Waals surface area contributed by atoms with Gasteiger partial charge in [-0.1, -0.05) is 34.5 Å². The van der Waals surface area contributed by atoms with E-state index in [0.29, 0.717) is 11.1 Å². The molecule has 28 heavy (non-hydrogen) atoms. The van der Waals surface area contributed by atoms with E-state index in [2.05, 4.69) is 48.8 Å². The number of carbonyl (C=O) groups excluding carboxylic acids is 2. The average Bonchev–Trinajstić information content (AvgIpc) is 2.69. The van der Waals surface area contributed by atoms with Crippen LogP contribution in [0.5, 0.6) is 0 Å². The molecule has 144 valence electrons. The topological polar surface area (TPSA) is 73.8 Å². The Labute approximate surface area is 172 Å². The van der Waals surface area contributed by atoms with E-state index in [1.165, 1.54) is 24.8 Å². The van der Waals surface area contributed by atoms with Gasteiger partial charge in [-0.15, -0.1) is 0 Å². The first-order chi connectivity index (χ1) is 13.6. The van der Waals surface area contributed by atoms with Crippen molar-refractivity contribution in [1.82, 2.24) is 10.2 Å². The van der Waals surface area contributed by atoms with Crippen molar-refractivity contribution in [2.45, 2.75) is 25.8 Å². The summed E-state index contributed by atoms with van der Waals surface area (Å²) in [7, 11) is 0. The van der Waals surface area contributed by atoms with Crippen molar-refractivity contribution in [1.29, 1.82) is 0 Å². The van der Waals surface area contributed by atoms with Gasteiger partial charge in [-0.25, -0.2) is 0 Å². The van der Waals surface area contributed by atoms with Crippen molar-refractivity contribution >= 4 is 39.1 Å². The van der Waals surface area contributed by atoms with Crippen LogP contribution in [0.2, 0.25) is 0 Å². The van der Waals surface area contributed by atoms with Gasteiger partial charge in [0.1, 0.15) is 0 Å². The SMILES string of the molecule is O=C1NC(=O)c2ccc(Br)cc2/C1=N\Nc1ccc(CN2CCCCC2)cc1. The van der Waals surface area contributed by atoms with Crippen LogP contribution < -0.4 is 10.7 Å². The third kappa shape index (κ3) is 4.15. The molecule has 0 spiro atoms. The lowest BCUT2D eigenvalue weighted by Crippen LogP contribution is -2.42. The van der Waals surface area contributed by atoms with E-state index in [1.54, 1.807) is 18.2 Å². The first-order valence-electron chi connectivity index (χ1n) is 9.41. The minimum absolute atomic E-state index is 0.188. The van der Waals surface area contributed by atoms with E-state index < -0.39 is 11.8 Å². The fourth-order valence-corrected chi connectivity index (χ4v) is 3.92. The minimum Gasteiger partial charge on any atom is -0.299 e. The van der Waals surface area contributed by atoms with E-state index in [-0.39, 0.29) is 5.71 Å². The molecule has 0 aromatic heterocycles. The van der Waals surface area contributed by atoms with E-state index in [0.717, 1.165) is 29.8 Å². The Hall–Kier alpha value is -2.51. The molecular formula is C21H21BrN4O2.